The first-order valence-electron chi connectivity index (χ1n) is 9.63. The summed E-state index contributed by atoms with van der Waals surface area (Å²) in [6, 6.07) is 12.9. The zero-order valence-electron chi connectivity index (χ0n) is 16.4. The van der Waals surface area contributed by atoms with E-state index in [4.69, 9.17) is 9.84 Å². The first kappa shape index (κ1) is 21.9. The van der Waals surface area contributed by atoms with Gasteiger partial charge in [-0.25, -0.2) is 8.42 Å². The molecule has 2 aromatic rings. The number of carboxylic acids is 1. The maximum absolute atomic E-state index is 12.5. The Balaban J connectivity index is 1.72. The van der Waals surface area contributed by atoms with Crippen LogP contribution in [0.25, 0.3) is 11.1 Å². The van der Waals surface area contributed by atoms with Crippen molar-refractivity contribution in [1.82, 2.24) is 4.72 Å². The van der Waals surface area contributed by atoms with Crippen LogP contribution in [0.1, 0.15) is 12.8 Å². The van der Waals surface area contributed by atoms with Gasteiger partial charge < -0.3 is 19.5 Å². The molecule has 2 aromatic carbocycles. The fourth-order valence-electron chi connectivity index (χ4n) is 3.24. The quantitative estimate of drug-likeness (QED) is 0.582. The largest absolute Gasteiger partial charge is 0.480 e. The zero-order valence-corrected chi connectivity index (χ0v) is 17.2. The first-order valence-corrected chi connectivity index (χ1v) is 11.1. The summed E-state index contributed by atoms with van der Waals surface area (Å²) in [6.07, 6.45) is 0.411. The molecule has 0 amide bonds. The van der Waals surface area contributed by atoms with Gasteiger partial charge in [-0.05, 0) is 41.8 Å². The summed E-state index contributed by atoms with van der Waals surface area (Å²) in [5, 5.41) is 9.17. The zero-order chi connectivity index (χ0) is 21.6. The molecular weight excluding hydrogens is 408 g/mol. The Bertz CT molecular complexity index is 968. The van der Waals surface area contributed by atoms with E-state index in [2.05, 4.69) is 9.62 Å². The summed E-state index contributed by atoms with van der Waals surface area (Å²) >= 11 is 0. The minimum Gasteiger partial charge on any atom is -0.480 e. The van der Waals surface area contributed by atoms with Crippen molar-refractivity contribution in [2.24, 2.45) is 0 Å². The van der Waals surface area contributed by atoms with Crippen LogP contribution >= 0.6 is 0 Å². The third kappa shape index (κ3) is 5.44. The monoisotopic (exact) mass is 432 g/mol. The van der Waals surface area contributed by atoms with Crippen LogP contribution in [0.2, 0.25) is 0 Å². The normalized spacial score (nSPS) is 15.5. The molecule has 1 saturated heterocycles. The van der Waals surface area contributed by atoms with Gasteiger partial charge in [-0.3, -0.25) is 4.79 Å². The Morgan fingerprint density at radius 2 is 1.63 bits per heavy atom. The molecule has 0 spiro atoms. The number of rotatable bonds is 9. The molecule has 1 aliphatic heterocycles. The topological polar surface area (TPSA) is 113 Å². The molecule has 9 heteroatoms. The van der Waals surface area contributed by atoms with E-state index >= 15 is 0 Å². The van der Waals surface area contributed by atoms with Crippen molar-refractivity contribution in [2.45, 2.75) is 23.8 Å². The molecular formula is C21H24N2O6S. The van der Waals surface area contributed by atoms with Crippen molar-refractivity contribution in [3.63, 3.8) is 0 Å². The number of carbonyl (C=O) groups excluding carboxylic acids is 1. The van der Waals surface area contributed by atoms with Gasteiger partial charge in [0.25, 0.3) is 0 Å². The van der Waals surface area contributed by atoms with E-state index in [9.17, 15) is 18.0 Å². The second-order valence-corrected chi connectivity index (χ2v) is 8.64. The summed E-state index contributed by atoms with van der Waals surface area (Å²) in [5.41, 5.74) is 2.90. The van der Waals surface area contributed by atoms with Crippen molar-refractivity contribution >= 4 is 28.0 Å². The van der Waals surface area contributed by atoms with Gasteiger partial charge in [-0.2, -0.15) is 4.72 Å². The smallest absolute Gasteiger partial charge is 0.321 e. The number of carboxylic acid groups (broad SMARTS) is 1. The van der Waals surface area contributed by atoms with E-state index in [0.717, 1.165) is 29.9 Å². The number of aliphatic carboxylic acids is 1. The van der Waals surface area contributed by atoms with Gasteiger partial charge in [-0.1, -0.05) is 24.3 Å². The molecule has 0 bridgehead atoms. The van der Waals surface area contributed by atoms with Crippen molar-refractivity contribution in [3.05, 3.63) is 48.5 Å². The molecule has 0 aliphatic carbocycles. The van der Waals surface area contributed by atoms with Gasteiger partial charge in [0, 0.05) is 25.2 Å². The lowest BCUT2D eigenvalue weighted by atomic mass is 10.1. The number of carbonyl (C=O) groups is 2. The van der Waals surface area contributed by atoms with Crippen LogP contribution in [-0.4, -0.2) is 58.1 Å². The average Bonchev–Trinajstić information content (AvgIpc) is 2.77. The summed E-state index contributed by atoms with van der Waals surface area (Å²) < 4.78 is 32.5. The minimum absolute atomic E-state index is 0.0338. The van der Waals surface area contributed by atoms with E-state index < -0.39 is 22.0 Å². The number of morpholine rings is 1. The van der Waals surface area contributed by atoms with Crippen LogP contribution < -0.4 is 9.62 Å². The fourth-order valence-corrected chi connectivity index (χ4v) is 4.46. The molecule has 0 aromatic heterocycles. The fraction of sp³-hybridized carbons (Fsp3) is 0.333. The third-order valence-corrected chi connectivity index (χ3v) is 6.40. The predicted octanol–water partition coefficient (Wildman–Crippen LogP) is 1.90. The lowest BCUT2D eigenvalue weighted by molar-refractivity contribution is -0.139. The maximum atomic E-state index is 12.5. The summed E-state index contributed by atoms with van der Waals surface area (Å²) in [5.74, 6) is -1.32. The average molecular weight is 432 g/mol. The number of nitrogens with zero attached hydrogens (tertiary/aromatic N) is 1. The Morgan fingerprint density at radius 3 is 2.17 bits per heavy atom. The number of hydrogen-bond donors (Lipinski definition) is 2. The highest BCUT2D eigenvalue weighted by Gasteiger charge is 2.25. The molecule has 0 radical (unpaired) electrons. The number of hydrogen-bond acceptors (Lipinski definition) is 6. The molecule has 30 heavy (non-hydrogen) atoms. The van der Waals surface area contributed by atoms with Crippen molar-refractivity contribution in [3.8, 4) is 11.1 Å². The van der Waals surface area contributed by atoms with Gasteiger partial charge in [0.05, 0.1) is 18.1 Å². The van der Waals surface area contributed by atoms with Gasteiger partial charge in [0.2, 0.25) is 10.0 Å². The minimum atomic E-state index is -4.02. The Hall–Kier alpha value is -2.75. The first-order chi connectivity index (χ1) is 14.4. The summed E-state index contributed by atoms with van der Waals surface area (Å²) in [7, 11) is -4.02. The van der Waals surface area contributed by atoms with Crippen LogP contribution in [0.3, 0.4) is 0 Å². The van der Waals surface area contributed by atoms with Crippen LogP contribution in [0, 0.1) is 0 Å². The third-order valence-electron chi connectivity index (χ3n) is 4.91. The van der Waals surface area contributed by atoms with E-state index in [1.807, 2.05) is 24.3 Å². The predicted molar refractivity (Wildman–Crippen MR) is 112 cm³/mol. The number of sulfonamides is 1. The SMILES string of the molecule is O=CCCC(NS(=O)(=O)c1ccc(-c2ccc(N3CCOCC3)cc2)cc1)C(=O)O. The van der Waals surface area contributed by atoms with Gasteiger partial charge in [0.15, 0.2) is 0 Å². The Kier molecular flexibility index (Phi) is 7.20. The molecule has 2 N–H and O–H groups in total. The molecule has 1 aliphatic rings. The lowest BCUT2D eigenvalue weighted by Crippen LogP contribution is -2.40. The van der Waals surface area contributed by atoms with Crippen LogP contribution in [0.5, 0.6) is 0 Å². The highest BCUT2D eigenvalue weighted by molar-refractivity contribution is 7.89. The number of ether oxygens (including phenoxy) is 1. The molecule has 3 rings (SSSR count). The van der Waals surface area contributed by atoms with Gasteiger partial charge in [0.1, 0.15) is 12.3 Å². The van der Waals surface area contributed by atoms with E-state index in [-0.39, 0.29) is 17.7 Å². The summed E-state index contributed by atoms with van der Waals surface area (Å²) in [4.78, 5) is 23.9. The van der Waals surface area contributed by atoms with Crippen LogP contribution in [0.4, 0.5) is 5.69 Å². The van der Waals surface area contributed by atoms with Gasteiger partial charge in [-0.15, -0.1) is 0 Å². The molecule has 1 fully saturated rings. The standard InChI is InChI=1S/C21H24N2O6S/c24-13-1-2-20(21(25)26)22-30(27,28)19-9-5-17(6-10-19)16-3-7-18(8-4-16)23-11-14-29-15-12-23/h3-10,13,20,22H,1-2,11-12,14-15H2,(H,25,26). The molecule has 1 unspecified atom stereocenters. The molecule has 8 nitrogen and oxygen atoms in total. The van der Waals surface area contributed by atoms with Gasteiger partial charge >= 0.3 is 5.97 Å². The highest BCUT2D eigenvalue weighted by atomic mass is 32.2. The number of anilines is 1. The number of nitrogens with one attached hydrogen (secondary N) is 1. The summed E-state index contributed by atoms with van der Waals surface area (Å²) in [6.45, 7) is 3.12. The number of benzene rings is 2. The van der Waals surface area contributed by atoms with Crippen LogP contribution in [-0.2, 0) is 24.3 Å². The Morgan fingerprint density at radius 1 is 1.07 bits per heavy atom. The second kappa shape index (κ2) is 9.84. The molecule has 1 atom stereocenters. The van der Waals surface area contributed by atoms with E-state index in [0.29, 0.717) is 19.5 Å². The second-order valence-electron chi connectivity index (χ2n) is 6.93. The van der Waals surface area contributed by atoms with E-state index in [1.165, 1.54) is 12.1 Å². The highest BCUT2D eigenvalue weighted by Crippen LogP contribution is 2.25. The van der Waals surface area contributed by atoms with Crippen molar-refractivity contribution in [1.29, 1.82) is 0 Å². The Labute approximate surface area is 175 Å². The van der Waals surface area contributed by atoms with E-state index in [1.54, 1.807) is 12.1 Å². The van der Waals surface area contributed by atoms with Crippen LogP contribution in [0.15, 0.2) is 53.4 Å². The molecule has 1 heterocycles. The molecule has 160 valence electrons. The van der Waals surface area contributed by atoms with Crippen molar-refractivity contribution < 1.29 is 27.9 Å². The van der Waals surface area contributed by atoms with Crippen molar-refractivity contribution in [2.75, 3.05) is 31.2 Å². The molecule has 0 saturated carbocycles. The number of aldehydes is 1. The lowest BCUT2D eigenvalue weighted by Gasteiger charge is -2.28. The maximum Gasteiger partial charge on any atom is 0.321 e.